The second-order valence-electron chi connectivity index (χ2n) is 6.06. The first-order valence-corrected chi connectivity index (χ1v) is 9.45. The quantitative estimate of drug-likeness (QED) is 0.338. The Balaban J connectivity index is 5.25. The largest absolute Gasteiger partial charge is 0.250 e. The molecule has 2 nitrogen and oxygen atoms in total. The predicted octanol–water partition coefficient (Wildman–Crippen LogP) is 6.14. The molecule has 0 fully saturated rings. The molecule has 0 aromatic rings. The van der Waals surface area contributed by atoms with Crippen molar-refractivity contribution < 1.29 is 0 Å². The Morgan fingerprint density at radius 1 is 1.04 bits per heavy atom. The lowest BCUT2D eigenvalue weighted by Crippen LogP contribution is -2.41. The maximum atomic E-state index is 3.81. The summed E-state index contributed by atoms with van der Waals surface area (Å²) in [4.78, 5) is 0. The van der Waals surface area contributed by atoms with Crippen molar-refractivity contribution in [1.29, 1.82) is 0 Å². The first-order chi connectivity index (χ1) is 12.1. The van der Waals surface area contributed by atoms with E-state index in [2.05, 4.69) is 95.0 Å². The van der Waals surface area contributed by atoms with E-state index in [1.807, 2.05) is 6.08 Å². The molecule has 0 saturated carbocycles. The van der Waals surface area contributed by atoms with Gasteiger partial charge in [-0.3, -0.25) is 5.43 Å². The van der Waals surface area contributed by atoms with E-state index in [4.69, 9.17) is 0 Å². The summed E-state index contributed by atoms with van der Waals surface area (Å²) in [5, 5.41) is 2.31. The summed E-state index contributed by atoms with van der Waals surface area (Å²) in [5.41, 5.74) is 8.99. The van der Waals surface area contributed by atoms with Gasteiger partial charge >= 0.3 is 0 Å². The fraction of sp³-hybridized carbons (Fsp3) is 0.478. The van der Waals surface area contributed by atoms with Gasteiger partial charge in [0, 0.05) is 19.6 Å². The lowest BCUT2D eigenvalue weighted by Gasteiger charge is -2.26. The zero-order valence-electron chi connectivity index (χ0n) is 17.2. The van der Waals surface area contributed by atoms with E-state index < -0.39 is 0 Å². The number of allylic oxidation sites excluding steroid dienone is 6. The Kier molecular flexibility index (Phi) is 13.7. The molecule has 0 spiro atoms. The highest BCUT2D eigenvalue weighted by molar-refractivity contribution is 5.30. The third-order valence-corrected chi connectivity index (χ3v) is 4.30. The summed E-state index contributed by atoms with van der Waals surface area (Å²) in [7, 11) is 0. The van der Waals surface area contributed by atoms with E-state index in [9.17, 15) is 0 Å². The minimum atomic E-state index is 0.850. The topological polar surface area (TPSA) is 15.3 Å². The van der Waals surface area contributed by atoms with Crippen molar-refractivity contribution in [2.24, 2.45) is 0 Å². The molecule has 0 aromatic carbocycles. The van der Waals surface area contributed by atoms with Crippen LogP contribution in [0.15, 0.2) is 71.4 Å². The van der Waals surface area contributed by atoms with Crippen molar-refractivity contribution in [3.8, 4) is 0 Å². The summed E-state index contributed by atoms with van der Waals surface area (Å²) in [6, 6.07) is 0. The zero-order valence-corrected chi connectivity index (χ0v) is 17.2. The van der Waals surface area contributed by atoms with Crippen molar-refractivity contribution in [3.05, 3.63) is 71.4 Å². The summed E-state index contributed by atoms with van der Waals surface area (Å²) >= 11 is 0. The smallest absolute Gasteiger partial charge is 0.0384 e. The van der Waals surface area contributed by atoms with Crippen LogP contribution in [-0.4, -0.2) is 24.6 Å². The van der Waals surface area contributed by atoms with Gasteiger partial charge in [-0.1, -0.05) is 74.1 Å². The maximum absolute atomic E-state index is 3.81. The molecule has 0 aliphatic rings. The van der Waals surface area contributed by atoms with Gasteiger partial charge in [-0.15, -0.1) is 0 Å². The highest BCUT2D eigenvalue weighted by Gasteiger charge is 2.10. The third kappa shape index (κ3) is 10.1. The van der Waals surface area contributed by atoms with E-state index in [0.29, 0.717) is 0 Å². The first-order valence-electron chi connectivity index (χ1n) is 9.45. The summed E-state index contributed by atoms with van der Waals surface area (Å²) in [5.74, 6) is 0. The Morgan fingerprint density at radius 2 is 1.76 bits per heavy atom. The molecule has 0 unspecified atom stereocenters. The number of hydrogen-bond acceptors (Lipinski definition) is 2. The molecule has 0 radical (unpaired) electrons. The van der Waals surface area contributed by atoms with E-state index >= 15 is 0 Å². The van der Waals surface area contributed by atoms with Crippen LogP contribution in [0.4, 0.5) is 0 Å². The molecule has 2 heteroatoms. The monoisotopic (exact) mass is 342 g/mol. The SMILES string of the molecule is C=C/C=C(\CC)CNN(CC(/C=C\CC)=C/C)CC(=C/C)/C(C)=C\C. The third-order valence-electron chi connectivity index (χ3n) is 4.30. The summed E-state index contributed by atoms with van der Waals surface area (Å²) < 4.78 is 0. The lowest BCUT2D eigenvalue weighted by molar-refractivity contribution is 0.233. The Hall–Kier alpha value is -1.64. The minimum Gasteiger partial charge on any atom is -0.250 e. The van der Waals surface area contributed by atoms with Gasteiger partial charge in [-0.05, 0) is 51.7 Å². The van der Waals surface area contributed by atoms with Crippen molar-refractivity contribution in [2.45, 2.75) is 54.4 Å². The van der Waals surface area contributed by atoms with Crippen molar-refractivity contribution >= 4 is 0 Å². The van der Waals surface area contributed by atoms with Gasteiger partial charge in [0.1, 0.15) is 0 Å². The highest BCUT2D eigenvalue weighted by Crippen LogP contribution is 2.12. The van der Waals surface area contributed by atoms with Crippen LogP contribution < -0.4 is 5.43 Å². The molecule has 0 aromatic heterocycles. The molecule has 0 rings (SSSR count). The van der Waals surface area contributed by atoms with Gasteiger partial charge in [0.05, 0.1) is 0 Å². The molecule has 0 amide bonds. The van der Waals surface area contributed by atoms with Crippen LogP contribution in [0.3, 0.4) is 0 Å². The molecule has 1 N–H and O–H groups in total. The van der Waals surface area contributed by atoms with Crippen LogP contribution in [0.2, 0.25) is 0 Å². The second kappa shape index (κ2) is 14.7. The summed E-state index contributed by atoms with van der Waals surface area (Å²) in [6.07, 6.45) is 17.1. The van der Waals surface area contributed by atoms with E-state index in [-0.39, 0.29) is 0 Å². The second-order valence-corrected chi connectivity index (χ2v) is 6.06. The molecular formula is C23H38N2. The predicted molar refractivity (Wildman–Crippen MR) is 115 cm³/mol. The fourth-order valence-electron chi connectivity index (χ4n) is 2.41. The fourth-order valence-corrected chi connectivity index (χ4v) is 2.41. The van der Waals surface area contributed by atoms with Gasteiger partial charge in [0.15, 0.2) is 0 Å². The molecule has 0 aliphatic heterocycles. The molecule has 0 bridgehead atoms. The number of hydrogen-bond donors (Lipinski definition) is 1. The minimum absolute atomic E-state index is 0.850. The van der Waals surface area contributed by atoms with Crippen molar-refractivity contribution in [1.82, 2.24) is 10.4 Å². The normalized spacial score (nSPS) is 14.7. The molecule has 140 valence electrons. The van der Waals surface area contributed by atoms with Gasteiger partial charge in [0.25, 0.3) is 0 Å². The number of nitrogens with one attached hydrogen (secondary N) is 1. The van der Waals surface area contributed by atoms with Crippen molar-refractivity contribution in [2.75, 3.05) is 19.6 Å². The highest BCUT2D eigenvalue weighted by atomic mass is 15.5. The number of rotatable bonds is 12. The number of hydrazine groups is 1. The Morgan fingerprint density at radius 3 is 2.24 bits per heavy atom. The average Bonchev–Trinajstić information content (AvgIpc) is 2.64. The number of nitrogens with zero attached hydrogens (tertiary/aromatic N) is 1. The van der Waals surface area contributed by atoms with Crippen LogP contribution in [0.1, 0.15) is 54.4 Å². The summed E-state index contributed by atoms with van der Waals surface area (Å²) in [6.45, 7) is 19.3. The van der Waals surface area contributed by atoms with Gasteiger partial charge in [-0.25, -0.2) is 5.01 Å². The first kappa shape index (κ1) is 23.4. The van der Waals surface area contributed by atoms with Crippen LogP contribution in [-0.2, 0) is 0 Å². The van der Waals surface area contributed by atoms with Crippen LogP contribution in [0.25, 0.3) is 0 Å². The Labute approximate surface area is 156 Å². The van der Waals surface area contributed by atoms with Crippen LogP contribution >= 0.6 is 0 Å². The average molecular weight is 343 g/mol. The molecule has 25 heavy (non-hydrogen) atoms. The molecule has 0 aliphatic carbocycles. The molecule has 0 saturated heterocycles. The lowest BCUT2D eigenvalue weighted by atomic mass is 10.1. The van der Waals surface area contributed by atoms with Gasteiger partial charge in [0.2, 0.25) is 0 Å². The standard InChI is InChI=1S/C23H38N2/c1-8-14-16-22(12-5)18-25(19-23(13-6)20(7)10-3)24-17-21(11-4)15-9-2/h9-10,12-16,24H,2,8,11,17-19H2,1,3-7H3/b16-14-,20-10-,21-15+,22-12+,23-13-. The Bertz CT molecular complexity index is 530. The molecular weight excluding hydrogens is 304 g/mol. The van der Waals surface area contributed by atoms with Gasteiger partial charge < -0.3 is 0 Å². The van der Waals surface area contributed by atoms with Gasteiger partial charge in [-0.2, -0.15) is 0 Å². The molecule has 0 heterocycles. The maximum Gasteiger partial charge on any atom is 0.0384 e. The van der Waals surface area contributed by atoms with E-state index in [0.717, 1.165) is 32.5 Å². The zero-order chi connectivity index (χ0) is 19.1. The van der Waals surface area contributed by atoms with Crippen LogP contribution in [0.5, 0.6) is 0 Å². The van der Waals surface area contributed by atoms with Crippen LogP contribution in [0, 0.1) is 0 Å². The van der Waals surface area contributed by atoms with E-state index in [1.54, 1.807) is 0 Å². The molecule has 0 atom stereocenters. The van der Waals surface area contributed by atoms with Crippen molar-refractivity contribution in [3.63, 3.8) is 0 Å². The van der Waals surface area contributed by atoms with E-state index in [1.165, 1.54) is 22.3 Å².